The van der Waals surface area contributed by atoms with Crippen LogP contribution >= 0.6 is 12.6 Å². The van der Waals surface area contributed by atoms with Crippen LogP contribution in [0.1, 0.15) is 10.4 Å². The number of carbonyl (C=O) groups excluding carboxylic acids is 1. The number of nitrogens with zero attached hydrogens (tertiary/aromatic N) is 1. The number of hydrogen-bond donors (Lipinski definition) is 2. The molecule has 0 fully saturated rings. The number of primary amides is 1. The van der Waals surface area contributed by atoms with E-state index in [0.29, 0.717) is 0 Å². The highest BCUT2D eigenvalue weighted by atomic mass is 32.1. The van der Waals surface area contributed by atoms with Gasteiger partial charge in [0.15, 0.2) is 0 Å². The number of benzene rings is 1. The van der Waals surface area contributed by atoms with E-state index in [9.17, 15) is 14.9 Å². The fourth-order valence-electron chi connectivity index (χ4n) is 0.922. The summed E-state index contributed by atoms with van der Waals surface area (Å²) < 4.78 is 0. The van der Waals surface area contributed by atoms with Crippen LogP contribution in [-0.2, 0) is 0 Å². The first kappa shape index (κ1) is 9.53. The monoisotopic (exact) mass is 198 g/mol. The summed E-state index contributed by atoms with van der Waals surface area (Å²) >= 11 is 3.85. The second kappa shape index (κ2) is 3.44. The molecule has 0 saturated carbocycles. The number of hydrogen-bond acceptors (Lipinski definition) is 4. The van der Waals surface area contributed by atoms with E-state index in [4.69, 9.17) is 5.73 Å². The van der Waals surface area contributed by atoms with Crippen LogP contribution < -0.4 is 5.73 Å². The van der Waals surface area contributed by atoms with Gasteiger partial charge in [-0.2, -0.15) is 0 Å². The second-order valence-electron chi connectivity index (χ2n) is 2.29. The molecule has 1 amide bonds. The van der Waals surface area contributed by atoms with E-state index in [2.05, 4.69) is 12.6 Å². The molecule has 1 aromatic carbocycles. The number of nitro groups is 1. The molecule has 1 aromatic rings. The van der Waals surface area contributed by atoms with Crippen LogP contribution in [0.2, 0.25) is 0 Å². The number of carbonyl (C=O) groups is 1. The van der Waals surface area contributed by atoms with Gasteiger partial charge in [0.05, 0.1) is 9.82 Å². The lowest BCUT2D eigenvalue weighted by Gasteiger charge is -1.99. The highest BCUT2D eigenvalue weighted by Gasteiger charge is 2.20. The van der Waals surface area contributed by atoms with Gasteiger partial charge in [-0.15, -0.1) is 12.6 Å². The summed E-state index contributed by atoms with van der Waals surface area (Å²) in [6.07, 6.45) is 0. The summed E-state index contributed by atoms with van der Waals surface area (Å²) in [6.45, 7) is 0. The van der Waals surface area contributed by atoms with Crippen molar-refractivity contribution in [3.05, 3.63) is 33.9 Å². The van der Waals surface area contributed by atoms with Crippen LogP contribution in [-0.4, -0.2) is 10.8 Å². The maximum Gasteiger partial charge on any atom is 0.295 e. The third-order valence-electron chi connectivity index (χ3n) is 1.46. The van der Waals surface area contributed by atoms with Crippen molar-refractivity contribution in [3.8, 4) is 0 Å². The van der Waals surface area contributed by atoms with Gasteiger partial charge in [-0.1, -0.05) is 6.07 Å². The van der Waals surface area contributed by atoms with Crippen molar-refractivity contribution in [1.29, 1.82) is 0 Å². The van der Waals surface area contributed by atoms with E-state index in [0.717, 1.165) is 0 Å². The van der Waals surface area contributed by atoms with E-state index in [-0.39, 0.29) is 16.1 Å². The van der Waals surface area contributed by atoms with Crippen LogP contribution in [0.3, 0.4) is 0 Å². The summed E-state index contributed by atoms with van der Waals surface area (Å²) in [5.41, 5.74) is 4.47. The first-order valence-corrected chi connectivity index (χ1v) is 3.75. The zero-order valence-corrected chi connectivity index (χ0v) is 7.32. The number of amides is 1. The van der Waals surface area contributed by atoms with Gasteiger partial charge in [0.2, 0.25) is 0 Å². The van der Waals surface area contributed by atoms with E-state index in [1.54, 1.807) is 0 Å². The van der Waals surface area contributed by atoms with Crippen LogP contribution in [0, 0.1) is 10.1 Å². The Morgan fingerprint density at radius 2 is 2.15 bits per heavy atom. The number of rotatable bonds is 2. The summed E-state index contributed by atoms with van der Waals surface area (Å²) in [4.78, 5) is 20.7. The van der Waals surface area contributed by atoms with Gasteiger partial charge in [0.1, 0.15) is 5.56 Å². The molecule has 0 atom stereocenters. The molecule has 0 unspecified atom stereocenters. The van der Waals surface area contributed by atoms with Gasteiger partial charge in [0.25, 0.3) is 11.6 Å². The molecule has 0 spiro atoms. The van der Waals surface area contributed by atoms with Gasteiger partial charge in [-0.05, 0) is 12.1 Å². The number of nitrogens with two attached hydrogens (primary N) is 1. The van der Waals surface area contributed by atoms with E-state index >= 15 is 0 Å². The highest BCUT2D eigenvalue weighted by molar-refractivity contribution is 7.80. The Bertz CT molecular complexity index is 378. The van der Waals surface area contributed by atoms with E-state index < -0.39 is 10.8 Å². The predicted molar refractivity (Wildman–Crippen MR) is 48.9 cm³/mol. The lowest BCUT2D eigenvalue weighted by molar-refractivity contribution is -0.388. The number of nitro benzene ring substituents is 1. The normalized spacial score (nSPS) is 9.62. The van der Waals surface area contributed by atoms with Crippen molar-refractivity contribution in [2.24, 2.45) is 5.73 Å². The minimum absolute atomic E-state index is 0.126. The lowest BCUT2D eigenvalue weighted by atomic mass is 10.2. The molecular weight excluding hydrogens is 192 g/mol. The van der Waals surface area contributed by atoms with Crippen LogP contribution in [0.15, 0.2) is 23.1 Å². The SMILES string of the molecule is NC(=O)c1cccc(S)c1[N+](=O)[O-]. The number of thiol groups is 1. The Morgan fingerprint density at radius 3 is 2.54 bits per heavy atom. The number of para-hydroxylation sites is 1. The van der Waals surface area contributed by atoms with Crippen LogP contribution in [0.4, 0.5) is 5.69 Å². The fourth-order valence-corrected chi connectivity index (χ4v) is 1.21. The fraction of sp³-hybridized carbons (Fsp3) is 0. The van der Waals surface area contributed by atoms with Gasteiger partial charge < -0.3 is 5.73 Å². The molecule has 5 nitrogen and oxygen atoms in total. The molecule has 0 radical (unpaired) electrons. The summed E-state index contributed by atoms with van der Waals surface area (Å²) in [6, 6.07) is 4.20. The Hall–Kier alpha value is -1.56. The first-order chi connectivity index (χ1) is 6.04. The Morgan fingerprint density at radius 1 is 1.54 bits per heavy atom. The molecule has 1 rings (SSSR count). The molecule has 2 N–H and O–H groups in total. The minimum atomic E-state index is -0.831. The molecule has 0 aromatic heterocycles. The Balaban J connectivity index is 3.43. The van der Waals surface area contributed by atoms with E-state index in [1.807, 2.05) is 0 Å². The molecule has 6 heteroatoms. The van der Waals surface area contributed by atoms with Crippen molar-refractivity contribution in [2.75, 3.05) is 0 Å². The molecule has 68 valence electrons. The third-order valence-corrected chi connectivity index (χ3v) is 1.82. The Kier molecular flexibility index (Phi) is 2.52. The summed E-state index contributed by atoms with van der Waals surface area (Å²) in [7, 11) is 0. The standard InChI is InChI=1S/C7H6N2O3S/c8-7(10)4-2-1-3-5(13)6(4)9(11)12/h1-3,13H,(H2,8,10). The van der Waals surface area contributed by atoms with Gasteiger partial charge in [-0.25, -0.2) is 0 Å². The lowest BCUT2D eigenvalue weighted by Crippen LogP contribution is -2.13. The summed E-state index contributed by atoms with van der Waals surface area (Å²) in [5, 5.41) is 10.5. The minimum Gasteiger partial charge on any atom is -0.365 e. The Labute approximate surface area is 79.1 Å². The third kappa shape index (κ3) is 1.78. The first-order valence-electron chi connectivity index (χ1n) is 3.30. The molecule has 0 aliphatic heterocycles. The zero-order chi connectivity index (χ0) is 10.0. The van der Waals surface area contributed by atoms with Crippen LogP contribution in [0.5, 0.6) is 0 Å². The molecule has 0 heterocycles. The van der Waals surface area contributed by atoms with Crippen molar-refractivity contribution in [2.45, 2.75) is 4.90 Å². The smallest absolute Gasteiger partial charge is 0.295 e. The maximum absolute atomic E-state index is 10.8. The molecule has 13 heavy (non-hydrogen) atoms. The zero-order valence-electron chi connectivity index (χ0n) is 6.43. The molecule has 0 aliphatic carbocycles. The van der Waals surface area contributed by atoms with Crippen molar-refractivity contribution < 1.29 is 9.72 Å². The quantitative estimate of drug-likeness (QED) is 0.422. The second-order valence-corrected chi connectivity index (χ2v) is 2.78. The predicted octanol–water partition coefficient (Wildman–Crippen LogP) is 0.982. The molecule has 0 saturated heterocycles. The van der Waals surface area contributed by atoms with Crippen LogP contribution in [0.25, 0.3) is 0 Å². The van der Waals surface area contributed by atoms with Gasteiger partial charge in [-0.3, -0.25) is 14.9 Å². The molecular formula is C7H6N2O3S. The van der Waals surface area contributed by atoms with Crippen molar-refractivity contribution in [1.82, 2.24) is 0 Å². The van der Waals surface area contributed by atoms with Gasteiger partial charge >= 0.3 is 0 Å². The molecule has 0 aliphatic rings. The largest absolute Gasteiger partial charge is 0.365 e. The summed E-state index contributed by atoms with van der Waals surface area (Å²) in [5.74, 6) is -0.831. The van der Waals surface area contributed by atoms with E-state index in [1.165, 1.54) is 18.2 Å². The topological polar surface area (TPSA) is 86.2 Å². The average molecular weight is 198 g/mol. The highest BCUT2D eigenvalue weighted by Crippen LogP contribution is 2.25. The molecule has 0 bridgehead atoms. The van der Waals surface area contributed by atoms with Crippen molar-refractivity contribution >= 4 is 24.2 Å². The van der Waals surface area contributed by atoms with Crippen molar-refractivity contribution in [3.63, 3.8) is 0 Å². The average Bonchev–Trinajstić information content (AvgIpc) is 2.02. The maximum atomic E-state index is 10.8. The van der Waals surface area contributed by atoms with Gasteiger partial charge in [0, 0.05) is 0 Å².